The number of para-hydroxylation sites is 2. The molecular formula is C26H38BN2. The van der Waals surface area contributed by atoms with Gasteiger partial charge in [0, 0.05) is 24.5 Å². The summed E-state index contributed by atoms with van der Waals surface area (Å²) in [4.78, 5) is 5.01. The first kappa shape index (κ1) is 21.8. The van der Waals surface area contributed by atoms with Crippen molar-refractivity contribution in [1.29, 1.82) is 0 Å². The van der Waals surface area contributed by atoms with E-state index in [1.54, 1.807) is 0 Å². The Hall–Kier alpha value is -1.90. The molecule has 0 saturated carbocycles. The molecule has 1 aliphatic heterocycles. The summed E-state index contributed by atoms with van der Waals surface area (Å²) in [5.41, 5.74) is 8.67. The van der Waals surface area contributed by atoms with E-state index in [1.807, 2.05) is 0 Å². The molecule has 3 rings (SSSR count). The van der Waals surface area contributed by atoms with E-state index >= 15 is 0 Å². The van der Waals surface area contributed by atoms with Crippen LogP contribution in [-0.4, -0.2) is 20.6 Å². The van der Waals surface area contributed by atoms with Crippen LogP contribution in [0.1, 0.15) is 101 Å². The maximum absolute atomic E-state index is 2.51. The Labute approximate surface area is 179 Å². The van der Waals surface area contributed by atoms with Gasteiger partial charge >= 0.3 is 7.55 Å². The van der Waals surface area contributed by atoms with Gasteiger partial charge in [-0.05, 0) is 45.9 Å². The van der Waals surface area contributed by atoms with Crippen LogP contribution in [0.2, 0.25) is 0 Å². The topological polar surface area (TPSA) is 6.48 Å². The molecule has 0 N–H and O–H groups in total. The SMILES string of the molecule is CC(C)c1cccc(C(C)C)c1N1[B]N(c2c(C(C)C)cccc2C(C)C)CC1. The fourth-order valence-electron chi connectivity index (χ4n) is 4.53. The first-order chi connectivity index (χ1) is 13.7. The standard InChI is InChI=1S/C26H38BN2/c1-17(2)21-11-9-12-22(18(3)4)25(21)28-15-16-29(27-28)26-23(19(5)6)13-10-14-24(26)20(7)8/h9-14,17-20H,15-16H2,1-8H3. The summed E-state index contributed by atoms with van der Waals surface area (Å²) < 4.78 is 0. The number of benzene rings is 2. The molecule has 1 aliphatic rings. The molecule has 0 aliphatic carbocycles. The molecule has 3 heteroatoms. The molecule has 1 fully saturated rings. The third kappa shape index (κ3) is 4.34. The van der Waals surface area contributed by atoms with Crippen molar-refractivity contribution in [2.45, 2.75) is 79.1 Å². The highest BCUT2D eigenvalue weighted by Gasteiger charge is 2.31. The predicted octanol–water partition coefficient (Wildman–Crippen LogP) is 7.04. The van der Waals surface area contributed by atoms with Crippen LogP contribution in [0.3, 0.4) is 0 Å². The zero-order valence-electron chi connectivity index (χ0n) is 19.7. The molecule has 0 bridgehead atoms. The molecule has 0 spiro atoms. The highest BCUT2D eigenvalue weighted by Crippen LogP contribution is 2.39. The summed E-state index contributed by atoms with van der Waals surface area (Å²) >= 11 is 0. The first-order valence-electron chi connectivity index (χ1n) is 11.4. The maximum Gasteiger partial charge on any atom is 0.391 e. The Morgan fingerprint density at radius 2 is 0.828 bits per heavy atom. The number of nitrogens with zero attached hydrogens (tertiary/aromatic N) is 2. The van der Waals surface area contributed by atoms with Crippen molar-refractivity contribution < 1.29 is 0 Å². The van der Waals surface area contributed by atoms with E-state index in [4.69, 9.17) is 0 Å². The monoisotopic (exact) mass is 389 g/mol. The minimum Gasteiger partial charge on any atom is -0.397 e. The third-order valence-corrected chi connectivity index (χ3v) is 6.12. The van der Waals surface area contributed by atoms with Crippen LogP contribution in [0.25, 0.3) is 0 Å². The van der Waals surface area contributed by atoms with Crippen LogP contribution in [-0.2, 0) is 0 Å². The summed E-state index contributed by atoms with van der Waals surface area (Å²) in [6, 6.07) is 13.7. The molecule has 1 heterocycles. The van der Waals surface area contributed by atoms with Crippen LogP contribution in [0, 0.1) is 0 Å². The Bertz CT molecular complexity index is 717. The van der Waals surface area contributed by atoms with Gasteiger partial charge in [0.05, 0.1) is 0 Å². The number of rotatable bonds is 6. The molecular weight excluding hydrogens is 351 g/mol. The van der Waals surface area contributed by atoms with Gasteiger partial charge in [0.15, 0.2) is 0 Å². The Morgan fingerprint density at radius 3 is 1.07 bits per heavy atom. The lowest BCUT2D eigenvalue weighted by Crippen LogP contribution is -2.32. The van der Waals surface area contributed by atoms with Crippen LogP contribution in [0.15, 0.2) is 36.4 Å². The molecule has 155 valence electrons. The van der Waals surface area contributed by atoms with Crippen molar-refractivity contribution in [3.05, 3.63) is 58.7 Å². The van der Waals surface area contributed by atoms with Gasteiger partial charge < -0.3 is 9.62 Å². The second-order valence-corrected chi connectivity index (χ2v) is 9.69. The van der Waals surface area contributed by atoms with Crippen molar-refractivity contribution in [2.75, 3.05) is 22.7 Å². The van der Waals surface area contributed by atoms with Crippen LogP contribution >= 0.6 is 0 Å². The van der Waals surface area contributed by atoms with E-state index in [1.165, 1.54) is 33.6 Å². The summed E-state index contributed by atoms with van der Waals surface area (Å²) in [6.07, 6.45) is 0. The molecule has 0 amide bonds. The lowest BCUT2D eigenvalue weighted by atomic mass is 9.88. The van der Waals surface area contributed by atoms with Gasteiger partial charge in [-0.1, -0.05) is 91.8 Å². The van der Waals surface area contributed by atoms with E-state index in [2.05, 4.69) is 109 Å². The van der Waals surface area contributed by atoms with Gasteiger partial charge in [-0.2, -0.15) is 0 Å². The molecule has 2 aromatic rings. The fraction of sp³-hybridized carbons (Fsp3) is 0.538. The van der Waals surface area contributed by atoms with E-state index in [0.717, 1.165) is 13.1 Å². The highest BCUT2D eigenvalue weighted by molar-refractivity contribution is 6.48. The van der Waals surface area contributed by atoms with Crippen LogP contribution in [0.5, 0.6) is 0 Å². The number of hydrogen-bond donors (Lipinski definition) is 0. The van der Waals surface area contributed by atoms with Crippen molar-refractivity contribution >= 4 is 18.9 Å². The van der Waals surface area contributed by atoms with Crippen molar-refractivity contribution in [1.82, 2.24) is 0 Å². The van der Waals surface area contributed by atoms with Crippen LogP contribution < -0.4 is 9.62 Å². The Morgan fingerprint density at radius 1 is 0.552 bits per heavy atom. The van der Waals surface area contributed by atoms with Crippen molar-refractivity contribution in [2.24, 2.45) is 0 Å². The number of anilines is 2. The van der Waals surface area contributed by atoms with Gasteiger partial charge in [-0.25, -0.2) is 0 Å². The third-order valence-electron chi connectivity index (χ3n) is 6.12. The maximum atomic E-state index is 2.51. The molecule has 29 heavy (non-hydrogen) atoms. The lowest BCUT2D eigenvalue weighted by Gasteiger charge is -2.30. The normalized spacial score (nSPS) is 14.6. The van der Waals surface area contributed by atoms with Gasteiger partial charge in [0.25, 0.3) is 0 Å². The quantitative estimate of drug-likeness (QED) is 0.489. The number of hydrogen-bond acceptors (Lipinski definition) is 2. The zero-order chi connectivity index (χ0) is 21.3. The molecule has 2 nitrogen and oxygen atoms in total. The molecule has 0 unspecified atom stereocenters. The minimum atomic E-state index is 0.514. The van der Waals surface area contributed by atoms with Gasteiger partial charge in [-0.15, -0.1) is 0 Å². The summed E-state index contributed by atoms with van der Waals surface area (Å²) in [5.74, 6) is 2.06. The second kappa shape index (κ2) is 8.85. The smallest absolute Gasteiger partial charge is 0.391 e. The zero-order valence-corrected chi connectivity index (χ0v) is 19.7. The van der Waals surface area contributed by atoms with Crippen molar-refractivity contribution in [3.8, 4) is 0 Å². The van der Waals surface area contributed by atoms with E-state index in [9.17, 15) is 0 Å². The van der Waals surface area contributed by atoms with Gasteiger partial charge in [-0.3, -0.25) is 0 Å². The summed E-state index contributed by atoms with van der Waals surface area (Å²) in [6.45, 7) is 20.5. The van der Waals surface area contributed by atoms with Gasteiger partial charge in [0.2, 0.25) is 0 Å². The first-order valence-corrected chi connectivity index (χ1v) is 11.4. The van der Waals surface area contributed by atoms with Crippen molar-refractivity contribution in [3.63, 3.8) is 0 Å². The van der Waals surface area contributed by atoms with Crippen LogP contribution in [0.4, 0.5) is 11.4 Å². The highest BCUT2D eigenvalue weighted by atomic mass is 15.3. The van der Waals surface area contributed by atoms with E-state index in [0.29, 0.717) is 23.7 Å². The minimum absolute atomic E-state index is 0.514. The summed E-state index contributed by atoms with van der Waals surface area (Å²) in [5, 5.41) is 0. The molecule has 1 saturated heterocycles. The van der Waals surface area contributed by atoms with E-state index in [-0.39, 0.29) is 0 Å². The predicted molar refractivity (Wildman–Crippen MR) is 130 cm³/mol. The Kier molecular flexibility index (Phi) is 6.66. The lowest BCUT2D eigenvalue weighted by molar-refractivity contribution is 0.821. The molecule has 2 aromatic carbocycles. The largest absolute Gasteiger partial charge is 0.397 e. The molecule has 0 aromatic heterocycles. The average molecular weight is 389 g/mol. The van der Waals surface area contributed by atoms with Gasteiger partial charge in [0.1, 0.15) is 0 Å². The fourth-order valence-corrected chi connectivity index (χ4v) is 4.53. The second-order valence-electron chi connectivity index (χ2n) is 9.69. The summed E-state index contributed by atoms with van der Waals surface area (Å²) in [7, 11) is 2.38. The molecule has 0 atom stereocenters. The van der Waals surface area contributed by atoms with E-state index < -0.39 is 0 Å². The average Bonchev–Trinajstić information content (AvgIpc) is 3.15. The Balaban J connectivity index is 2.03. The molecule has 1 radical (unpaired) electrons.